The van der Waals surface area contributed by atoms with Gasteiger partial charge in [-0.25, -0.2) is 4.99 Å². The van der Waals surface area contributed by atoms with E-state index in [1.165, 1.54) is 24.4 Å². The van der Waals surface area contributed by atoms with Crippen molar-refractivity contribution in [2.75, 3.05) is 0 Å². The highest BCUT2D eigenvalue weighted by molar-refractivity contribution is 5.84. The first-order valence-electron chi connectivity index (χ1n) is 7.34. The van der Waals surface area contributed by atoms with Crippen LogP contribution in [-0.2, 0) is 4.79 Å². The van der Waals surface area contributed by atoms with Crippen LogP contribution in [0.1, 0.15) is 5.56 Å². The number of carbonyl (C=O) groups excluding carboxylic acids is 1. The Balaban J connectivity index is 2.20. The fraction of sp³-hybridized carbons (Fsp3) is 0.188. The van der Waals surface area contributed by atoms with Crippen molar-refractivity contribution >= 4 is 18.3 Å². The molecule has 136 valence electrons. The van der Waals surface area contributed by atoms with Gasteiger partial charge >= 0.3 is 6.18 Å². The molecular formula is C16H13F3N4O3. The summed E-state index contributed by atoms with van der Waals surface area (Å²) < 4.78 is 50.6. The van der Waals surface area contributed by atoms with E-state index in [4.69, 9.17) is 20.7 Å². The van der Waals surface area contributed by atoms with Gasteiger partial charge in [-0.3, -0.25) is 0 Å². The van der Waals surface area contributed by atoms with Crippen LogP contribution < -0.4 is 16.2 Å². The van der Waals surface area contributed by atoms with Crippen LogP contribution in [0.4, 0.5) is 13.2 Å². The summed E-state index contributed by atoms with van der Waals surface area (Å²) in [5.74, 6) is -0.200. The third-order valence-corrected chi connectivity index (χ3v) is 3.68. The lowest BCUT2D eigenvalue weighted by molar-refractivity contribution is -0.184. The molecule has 0 amide bonds. The number of hydrogen-bond donors (Lipinski definition) is 2. The third kappa shape index (κ3) is 3.25. The van der Waals surface area contributed by atoms with Crippen molar-refractivity contribution in [3.05, 3.63) is 41.6 Å². The van der Waals surface area contributed by atoms with Crippen molar-refractivity contribution in [1.29, 1.82) is 0 Å². The fourth-order valence-electron chi connectivity index (χ4n) is 2.64. The van der Waals surface area contributed by atoms with Crippen molar-refractivity contribution in [2.45, 2.75) is 18.3 Å². The Labute approximate surface area is 145 Å². The van der Waals surface area contributed by atoms with E-state index < -0.39 is 29.9 Å². The minimum atomic E-state index is -4.77. The van der Waals surface area contributed by atoms with Gasteiger partial charge in [-0.15, -0.1) is 0 Å². The number of halogens is 3. The SMILES string of the molecule is NC(N)=NC(C=O)C1=Cc2c(cccc2-c2ccno2)OC1C(F)(F)F. The van der Waals surface area contributed by atoms with Crippen molar-refractivity contribution in [3.63, 3.8) is 0 Å². The summed E-state index contributed by atoms with van der Waals surface area (Å²) >= 11 is 0. The number of ether oxygens (including phenoxy) is 1. The molecule has 2 atom stereocenters. The number of rotatable bonds is 4. The smallest absolute Gasteiger partial charge is 0.429 e. The molecule has 2 unspecified atom stereocenters. The molecule has 1 aliphatic heterocycles. The molecule has 0 spiro atoms. The van der Waals surface area contributed by atoms with E-state index in [2.05, 4.69) is 10.1 Å². The van der Waals surface area contributed by atoms with Gasteiger partial charge in [0.2, 0.25) is 6.10 Å². The zero-order chi connectivity index (χ0) is 18.9. The van der Waals surface area contributed by atoms with E-state index in [1.807, 2.05) is 0 Å². The number of benzene rings is 1. The maximum absolute atomic E-state index is 13.5. The molecule has 10 heteroatoms. The summed E-state index contributed by atoms with van der Waals surface area (Å²) in [6.07, 6.45) is -4.32. The van der Waals surface area contributed by atoms with E-state index in [9.17, 15) is 18.0 Å². The second kappa shape index (κ2) is 6.54. The Morgan fingerprint density at radius 3 is 2.65 bits per heavy atom. The first-order valence-corrected chi connectivity index (χ1v) is 7.34. The second-order valence-electron chi connectivity index (χ2n) is 5.41. The molecule has 0 saturated heterocycles. The van der Waals surface area contributed by atoms with Crippen LogP contribution in [0.2, 0.25) is 0 Å². The van der Waals surface area contributed by atoms with E-state index in [1.54, 1.807) is 12.1 Å². The fourth-order valence-corrected chi connectivity index (χ4v) is 2.64. The predicted octanol–water partition coefficient (Wildman–Crippen LogP) is 1.89. The van der Waals surface area contributed by atoms with E-state index in [0.29, 0.717) is 16.9 Å². The van der Waals surface area contributed by atoms with E-state index in [-0.39, 0.29) is 12.0 Å². The van der Waals surface area contributed by atoms with Crippen molar-refractivity contribution in [3.8, 4) is 17.1 Å². The summed E-state index contributed by atoms with van der Waals surface area (Å²) in [7, 11) is 0. The topological polar surface area (TPSA) is 117 Å². The summed E-state index contributed by atoms with van der Waals surface area (Å²) in [6, 6.07) is 4.55. The van der Waals surface area contributed by atoms with Gasteiger partial charge in [-0.1, -0.05) is 17.3 Å². The lowest BCUT2D eigenvalue weighted by Gasteiger charge is -2.30. The van der Waals surface area contributed by atoms with Crippen LogP contribution in [-0.4, -0.2) is 35.7 Å². The maximum Gasteiger partial charge on any atom is 0.429 e. The van der Waals surface area contributed by atoms with Crippen molar-refractivity contribution in [2.24, 2.45) is 16.5 Å². The molecule has 0 aliphatic carbocycles. The zero-order valence-corrected chi connectivity index (χ0v) is 13.1. The van der Waals surface area contributed by atoms with Crippen LogP contribution in [0, 0.1) is 0 Å². The summed E-state index contributed by atoms with van der Waals surface area (Å²) in [5.41, 5.74) is 10.8. The van der Waals surface area contributed by atoms with Crippen LogP contribution in [0.15, 0.2) is 45.6 Å². The first kappa shape index (κ1) is 17.5. The average molecular weight is 366 g/mol. The average Bonchev–Trinajstić information content (AvgIpc) is 3.11. The molecular weight excluding hydrogens is 353 g/mol. The highest BCUT2D eigenvalue weighted by Crippen LogP contribution is 2.42. The highest BCUT2D eigenvalue weighted by Gasteiger charge is 2.48. The van der Waals surface area contributed by atoms with Crippen molar-refractivity contribution < 1.29 is 27.2 Å². The molecule has 7 nitrogen and oxygen atoms in total. The minimum Gasteiger partial charge on any atom is -0.476 e. The number of hydrogen-bond acceptors (Lipinski definition) is 5. The molecule has 0 radical (unpaired) electrons. The molecule has 4 N–H and O–H groups in total. The number of alkyl halides is 3. The quantitative estimate of drug-likeness (QED) is 0.485. The Hall–Kier alpha value is -3.30. The van der Waals surface area contributed by atoms with Crippen LogP contribution >= 0.6 is 0 Å². The van der Waals surface area contributed by atoms with E-state index in [0.717, 1.165) is 0 Å². The zero-order valence-electron chi connectivity index (χ0n) is 13.1. The van der Waals surface area contributed by atoms with Crippen LogP contribution in [0.5, 0.6) is 5.75 Å². The predicted molar refractivity (Wildman–Crippen MR) is 86.0 cm³/mol. The lowest BCUT2D eigenvalue weighted by atomic mass is 9.92. The Bertz CT molecular complexity index is 871. The van der Waals surface area contributed by atoms with Gasteiger partial charge in [-0.2, -0.15) is 13.2 Å². The first-order chi connectivity index (χ1) is 12.3. The van der Waals surface area contributed by atoms with Gasteiger partial charge in [0.15, 0.2) is 11.7 Å². The van der Waals surface area contributed by atoms with E-state index >= 15 is 0 Å². The number of fused-ring (bicyclic) bond motifs is 1. The highest BCUT2D eigenvalue weighted by atomic mass is 19.4. The molecule has 0 fully saturated rings. The number of guanidine groups is 1. The molecule has 1 aromatic heterocycles. The molecule has 2 heterocycles. The molecule has 0 bridgehead atoms. The Morgan fingerprint density at radius 2 is 2.08 bits per heavy atom. The van der Waals surface area contributed by atoms with Gasteiger partial charge in [0.25, 0.3) is 0 Å². The normalized spacial score (nSPS) is 17.5. The van der Waals surface area contributed by atoms with Crippen LogP contribution in [0.3, 0.4) is 0 Å². The Morgan fingerprint density at radius 1 is 1.31 bits per heavy atom. The van der Waals surface area contributed by atoms with Gasteiger partial charge < -0.3 is 25.5 Å². The second-order valence-corrected chi connectivity index (χ2v) is 5.41. The third-order valence-electron chi connectivity index (χ3n) is 3.68. The number of nitrogens with two attached hydrogens (primary N) is 2. The Kier molecular flexibility index (Phi) is 4.41. The molecule has 26 heavy (non-hydrogen) atoms. The number of aldehydes is 1. The molecule has 3 rings (SSSR count). The number of carbonyl (C=O) groups is 1. The minimum absolute atomic E-state index is 0.0145. The molecule has 1 aliphatic rings. The van der Waals surface area contributed by atoms with Crippen LogP contribution in [0.25, 0.3) is 17.4 Å². The van der Waals surface area contributed by atoms with Gasteiger partial charge in [0.05, 0.1) is 6.20 Å². The molecule has 1 aromatic carbocycles. The number of nitrogens with zero attached hydrogens (tertiary/aromatic N) is 2. The maximum atomic E-state index is 13.5. The van der Waals surface area contributed by atoms with Gasteiger partial charge in [-0.05, 0) is 12.1 Å². The largest absolute Gasteiger partial charge is 0.476 e. The molecule has 2 aromatic rings. The van der Waals surface area contributed by atoms with Gasteiger partial charge in [0.1, 0.15) is 18.1 Å². The lowest BCUT2D eigenvalue weighted by Crippen LogP contribution is -2.42. The van der Waals surface area contributed by atoms with Gasteiger partial charge in [0, 0.05) is 22.8 Å². The number of aliphatic imine (C=N–C) groups is 1. The standard InChI is InChI=1S/C16H13F3N4O3/c17-16(18,19)14-10(11(7-24)23-15(20)21)6-9-8(13-4-5-22-26-13)2-1-3-12(9)25-14/h1-7,11,14H,(H4,20,21,23). The molecule has 0 saturated carbocycles. The monoisotopic (exact) mass is 366 g/mol. The summed E-state index contributed by atoms with van der Waals surface area (Å²) in [4.78, 5) is 14.9. The number of aromatic nitrogens is 1. The summed E-state index contributed by atoms with van der Waals surface area (Å²) in [5, 5.41) is 3.58. The van der Waals surface area contributed by atoms with Crippen molar-refractivity contribution in [1.82, 2.24) is 5.16 Å². The summed E-state index contributed by atoms with van der Waals surface area (Å²) in [6.45, 7) is 0.